The van der Waals surface area contributed by atoms with Crippen molar-refractivity contribution in [3.8, 4) is 0 Å². The van der Waals surface area contributed by atoms with Gasteiger partial charge in [-0.15, -0.1) is 0 Å². The van der Waals surface area contributed by atoms with Crippen LogP contribution in [-0.2, 0) is 14.3 Å². The molecule has 0 saturated carbocycles. The quantitative estimate of drug-likeness (QED) is 0.368. The van der Waals surface area contributed by atoms with Gasteiger partial charge >= 0.3 is 0 Å². The monoisotopic (exact) mass is 211 g/mol. The van der Waals surface area contributed by atoms with E-state index in [9.17, 15) is 4.79 Å². The third-order valence-electron chi connectivity index (χ3n) is 1.57. The summed E-state index contributed by atoms with van der Waals surface area (Å²) in [5.74, 6) is 0. The van der Waals surface area contributed by atoms with Crippen molar-refractivity contribution in [2.45, 2.75) is 26.3 Å². The number of rotatable bonds is 7. The zero-order chi connectivity index (χ0) is 11.6. The first-order chi connectivity index (χ1) is 7.18. The van der Waals surface area contributed by atoms with Crippen molar-refractivity contribution >= 4 is 6.08 Å². The second-order valence-corrected chi connectivity index (χ2v) is 3.26. The van der Waals surface area contributed by atoms with Crippen LogP contribution in [0.5, 0.6) is 0 Å². The highest BCUT2D eigenvalue weighted by molar-refractivity contribution is 5.34. The molecule has 0 unspecified atom stereocenters. The first-order valence-corrected chi connectivity index (χ1v) is 4.73. The highest BCUT2D eigenvalue weighted by atomic mass is 16.5. The summed E-state index contributed by atoms with van der Waals surface area (Å²) in [5, 5.41) is 0. The van der Waals surface area contributed by atoms with Gasteiger partial charge in [0.25, 0.3) is 0 Å². The van der Waals surface area contributed by atoms with Crippen molar-refractivity contribution < 1.29 is 14.3 Å². The average molecular weight is 211 g/mol. The fourth-order valence-corrected chi connectivity index (χ4v) is 0.864. The molecule has 0 bridgehead atoms. The molecule has 0 aromatic carbocycles. The second kappa shape index (κ2) is 7.83. The number of aliphatic imine (C=N–C) groups is 1. The Balaban J connectivity index is 4.23. The van der Waals surface area contributed by atoms with Gasteiger partial charge in [-0.1, -0.05) is 12.2 Å². The van der Waals surface area contributed by atoms with Crippen molar-refractivity contribution in [2.75, 3.05) is 13.2 Å². The molecule has 0 aliphatic heterocycles. The van der Waals surface area contributed by atoms with Crippen LogP contribution >= 0.6 is 0 Å². The Morgan fingerprint density at radius 1 is 1.20 bits per heavy atom. The Hall–Kier alpha value is -1.54. The number of nitrogens with zero attached hydrogens (tertiary/aromatic N) is 1. The lowest BCUT2D eigenvalue weighted by Crippen LogP contribution is -2.33. The molecule has 0 N–H and O–H groups in total. The Morgan fingerprint density at radius 2 is 1.67 bits per heavy atom. The lowest BCUT2D eigenvalue weighted by molar-refractivity contribution is 0.110. The van der Waals surface area contributed by atoms with Crippen molar-refractivity contribution in [2.24, 2.45) is 4.99 Å². The highest BCUT2D eigenvalue weighted by Crippen LogP contribution is 2.11. The fourth-order valence-electron chi connectivity index (χ4n) is 0.864. The van der Waals surface area contributed by atoms with E-state index >= 15 is 0 Å². The van der Waals surface area contributed by atoms with Crippen LogP contribution in [0.3, 0.4) is 0 Å². The highest BCUT2D eigenvalue weighted by Gasteiger charge is 2.24. The third-order valence-corrected chi connectivity index (χ3v) is 1.57. The molecule has 0 aliphatic carbocycles. The van der Waals surface area contributed by atoms with Gasteiger partial charge < -0.3 is 9.47 Å². The molecular weight excluding hydrogens is 194 g/mol. The molecule has 0 radical (unpaired) electrons. The molecule has 0 aliphatic rings. The molecule has 4 heteroatoms. The van der Waals surface area contributed by atoms with E-state index in [1.54, 1.807) is 31.6 Å². The van der Waals surface area contributed by atoms with E-state index in [-0.39, 0.29) is 13.2 Å². The van der Waals surface area contributed by atoms with Gasteiger partial charge in [-0.05, 0) is 20.8 Å². The minimum atomic E-state index is -0.694. The largest absolute Gasteiger partial charge is 0.499 e. The lowest BCUT2D eigenvalue weighted by Gasteiger charge is -2.21. The first kappa shape index (κ1) is 13.5. The van der Waals surface area contributed by atoms with E-state index in [1.807, 2.05) is 13.8 Å². The Bertz CT molecular complexity index is 249. The van der Waals surface area contributed by atoms with Gasteiger partial charge in [-0.2, -0.15) is 4.99 Å². The zero-order valence-corrected chi connectivity index (χ0v) is 9.40. The van der Waals surface area contributed by atoms with Crippen molar-refractivity contribution in [1.29, 1.82) is 0 Å². The number of isocyanates is 1. The van der Waals surface area contributed by atoms with E-state index in [0.717, 1.165) is 0 Å². The van der Waals surface area contributed by atoms with Gasteiger partial charge in [0.15, 0.2) is 0 Å². The van der Waals surface area contributed by atoms with Crippen LogP contribution in [0, 0.1) is 0 Å². The molecule has 4 nitrogen and oxygen atoms in total. The topological polar surface area (TPSA) is 47.9 Å². The maximum absolute atomic E-state index is 10.2. The number of hydrogen-bond donors (Lipinski definition) is 0. The molecule has 0 aromatic heterocycles. The van der Waals surface area contributed by atoms with Gasteiger partial charge in [-0.3, -0.25) is 0 Å². The molecule has 0 heterocycles. The normalized spacial score (nSPS) is 14.9. The lowest BCUT2D eigenvalue weighted by atomic mass is 10.1. The minimum Gasteiger partial charge on any atom is -0.499 e. The molecule has 0 aromatic rings. The third kappa shape index (κ3) is 6.52. The molecule has 0 spiro atoms. The summed E-state index contributed by atoms with van der Waals surface area (Å²) >= 11 is 0. The van der Waals surface area contributed by atoms with Crippen LogP contribution in [0.1, 0.15) is 20.8 Å². The molecule has 0 saturated heterocycles. The summed E-state index contributed by atoms with van der Waals surface area (Å²) in [6.45, 7) is 6.02. The van der Waals surface area contributed by atoms with Crippen molar-refractivity contribution in [3.63, 3.8) is 0 Å². The van der Waals surface area contributed by atoms with E-state index in [0.29, 0.717) is 0 Å². The second-order valence-electron chi connectivity index (χ2n) is 3.26. The van der Waals surface area contributed by atoms with Gasteiger partial charge in [-0.25, -0.2) is 4.79 Å². The smallest absolute Gasteiger partial charge is 0.235 e. The van der Waals surface area contributed by atoms with Crippen LogP contribution in [0.25, 0.3) is 0 Å². The molecule has 0 rings (SSSR count). The van der Waals surface area contributed by atoms with Crippen LogP contribution in [0.4, 0.5) is 0 Å². The number of ether oxygens (including phenoxy) is 2. The van der Waals surface area contributed by atoms with E-state index in [1.165, 1.54) is 6.08 Å². The van der Waals surface area contributed by atoms with Crippen LogP contribution in [0.15, 0.2) is 29.7 Å². The first-order valence-electron chi connectivity index (χ1n) is 4.73. The molecule has 84 valence electrons. The van der Waals surface area contributed by atoms with Gasteiger partial charge in [0.05, 0.1) is 12.5 Å². The van der Waals surface area contributed by atoms with Crippen molar-refractivity contribution in [1.82, 2.24) is 0 Å². The average Bonchev–Trinajstić information content (AvgIpc) is 2.19. The number of hydrogen-bond acceptors (Lipinski definition) is 4. The molecule has 0 amide bonds. The van der Waals surface area contributed by atoms with Gasteiger partial charge in [0, 0.05) is 0 Å². The van der Waals surface area contributed by atoms with Crippen molar-refractivity contribution in [3.05, 3.63) is 24.7 Å². The summed E-state index contributed by atoms with van der Waals surface area (Å²) in [6, 6.07) is 0. The van der Waals surface area contributed by atoms with Gasteiger partial charge in [0.1, 0.15) is 18.8 Å². The standard InChI is InChI=1S/C11H17NO3/c1-4-6-14-8-11(3,12-10-13)9-15-7-5-2/h4-7H,8-9H2,1-3H3. The zero-order valence-electron chi connectivity index (χ0n) is 9.40. The maximum atomic E-state index is 10.2. The van der Waals surface area contributed by atoms with Crippen LogP contribution in [0.2, 0.25) is 0 Å². The summed E-state index contributed by atoms with van der Waals surface area (Å²) in [6.07, 6.45) is 8.15. The summed E-state index contributed by atoms with van der Waals surface area (Å²) in [5.41, 5.74) is -0.694. The number of allylic oxidation sites excluding steroid dienone is 2. The van der Waals surface area contributed by atoms with Gasteiger partial charge in [0.2, 0.25) is 6.08 Å². The summed E-state index contributed by atoms with van der Waals surface area (Å²) in [7, 11) is 0. The predicted octanol–water partition coefficient (Wildman–Crippen LogP) is 2.18. The molecule has 15 heavy (non-hydrogen) atoms. The van der Waals surface area contributed by atoms with E-state index < -0.39 is 5.54 Å². The summed E-state index contributed by atoms with van der Waals surface area (Å²) in [4.78, 5) is 13.9. The summed E-state index contributed by atoms with van der Waals surface area (Å²) < 4.78 is 10.3. The Morgan fingerprint density at radius 3 is 2.00 bits per heavy atom. The van der Waals surface area contributed by atoms with E-state index in [4.69, 9.17) is 9.47 Å². The molecule has 0 fully saturated rings. The SMILES string of the molecule is CC=COCC(C)(COC=CC)N=C=O. The maximum Gasteiger partial charge on any atom is 0.235 e. The predicted molar refractivity (Wildman–Crippen MR) is 58.1 cm³/mol. The Labute approximate surface area is 90.3 Å². The molecule has 0 atom stereocenters. The van der Waals surface area contributed by atoms with Crippen LogP contribution < -0.4 is 0 Å². The fraction of sp³-hybridized carbons (Fsp3) is 0.545. The van der Waals surface area contributed by atoms with Crippen LogP contribution in [-0.4, -0.2) is 24.8 Å². The Kier molecular flexibility index (Phi) is 7.02. The van der Waals surface area contributed by atoms with E-state index in [2.05, 4.69) is 4.99 Å². The number of carbonyl (C=O) groups excluding carboxylic acids is 1. The minimum absolute atomic E-state index is 0.282. The molecular formula is C11H17NO3.